The molecule has 3 heteroatoms. The van der Waals surface area contributed by atoms with Gasteiger partial charge in [0, 0.05) is 5.92 Å². The van der Waals surface area contributed by atoms with Crippen molar-refractivity contribution in [3.8, 4) is 0 Å². The van der Waals surface area contributed by atoms with Crippen LogP contribution in [0.25, 0.3) is 0 Å². The van der Waals surface area contributed by atoms with Crippen LogP contribution in [-0.2, 0) is 4.79 Å². The molecule has 90 valence electrons. The molecule has 1 unspecified atom stereocenters. The smallest absolute Gasteiger partial charge is 0.223 e. The van der Waals surface area contributed by atoms with Crippen molar-refractivity contribution in [3.05, 3.63) is 35.9 Å². The first kappa shape index (κ1) is 15.0. The van der Waals surface area contributed by atoms with Crippen molar-refractivity contribution in [1.82, 2.24) is 5.32 Å². The average molecular weight is 242 g/mol. The van der Waals surface area contributed by atoms with Crippen molar-refractivity contribution in [2.75, 3.05) is 0 Å². The Kier molecular flexibility index (Phi) is 6.82. The molecule has 0 bridgehead atoms. The predicted octanol–water partition coefficient (Wildman–Crippen LogP) is 3.33. The number of hydrogen-bond donors (Lipinski definition) is 1. The van der Waals surface area contributed by atoms with Gasteiger partial charge in [0.25, 0.3) is 0 Å². The number of nitrogens with one attached hydrogen (secondary N) is 1. The zero-order valence-electron chi connectivity index (χ0n) is 10.1. The third kappa shape index (κ3) is 4.23. The van der Waals surface area contributed by atoms with Gasteiger partial charge in [-0.15, -0.1) is 12.4 Å². The first-order valence-corrected chi connectivity index (χ1v) is 5.50. The standard InChI is InChI=1S/C13H19NO.ClH/c1-4-10(2)13(15)14-11(3)12-8-6-5-7-9-12;/h5-11H,4H2,1-3H3,(H,14,15);1H/t10?,11-;/m1./s1. The normalized spacial score (nSPS) is 13.4. The molecule has 0 fully saturated rings. The molecule has 0 saturated heterocycles. The van der Waals surface area contributed by atoms with Crippen LogP contribution in [0.4, 0.5) is 0 Å². The van der Waals surface area contributed by atoms with Crippen molar-refractivity contribution in [3.63, 3.8) is 0 Å². The minimum Gasteiger partial charge on any atom is -0.349 e. The number of carbonyl (C=O) groups is 1. The predicted molar refractivity (Wildman–Crippen MR) is 69.7 cm³/mol. The maximum absolute atomic E-state index is 11.6. The molecule has 0 aliphatic heterocycles. The van der Waals surface area contributed by atoms with E-state index in [1.54, 1.807) is 0 Å². The fourth-order valence-electron chi connectivity index (χ4n) is 1.37. The van der Waals surface area contributed by atoms with Gasteiger partial charge in [-0.2, -0.15) is 0 Å². The summed E-state index contributed by atoms with van der Waals surface area (Å²) in [6.07, 6.45) is 0.882. The third-order valence-electron chi connectivity index (χ3n) is 2.72. The van der Waals surface area contributed by atoms with Crippen molar-refractivity contribution in [2.24, 2.45) is 5.92 Å². The lowest BCUT2D eigenvalue weighted by atomic mass is 10.1. The van der Waals surface area contributed by atoms with E-state index in [-0.39, 0.29) is 30.3 Å². The lowest BCUT2D eigenvalue weighted by Gasteiger charge is -2.16. The van der Waals surface area contributed by atoms with Crippen LogP contribution in [0.2, 0.25) is 0 Å². The highest BCUT2D eigenvalue weighted by Crippen LogP contribution is 2.12. The molecule has 1 aromatic carbocycles. The molecule has 0 spiro atoms. The van der Waals surface area contributed by atoms with E-state index in [1.165, 1.54) is 0 Å². The molecule has 1 N–H and O–H groups in total. The van der Waals surface area contributed by atoms with Crippen LogP contribution in [0, 0.1) is 5.92 Å². The topological polar surface area (TPSA) is 29.1 Å². The van der Waals surface area contributed by atoms with E-state index in [0.29, 0.717) is 0 Å². The van der Waals surface area contributed by atoms with Crippen LogP contribution >= 0.6 is 12.4 Å². The Bertz CT molecular complexity index is 313. The molecule has 1 aromatic rings. The fourth-order valence-corrected chi connectivity index (χ4v) is 1.37. The van der Waals surface area contributed by atoms with Crippen LogP contribution in [0.3, 0.4) is 0 Å². The number of carbonyl (C=O) groups excluding carboxylic acids is 1. The van der Waals surface area contributed by atoms with Crippen LogP contribution in [0.15, 0.2) is 30.3 Å². The average Bonchev–Trinajstić information content (AvgIpc) is 2.29. The molecule has 0 heterocycles. The lowest BCUT2D eigenvalue weighted by Crippen LogP contribution is -2.31. The second kappa shape index (κ2) is 7.29. The van der Waals surface area contributed by atoms with E-state index in [4.69, 9.17) is 0 Å². The molecule has 0 saturated carbocycles. The molecule has 0 radical (unpaired) electrons. The Morgan fingerprint density at radius 3 is 2.31 bits per heavy atom. The van der Waals surface area contributed by atoms with Gasteiger partial charge in [0.1, 0.15) is 0 Å². The quantitative estimate of drug-likeness (QED) is 0.861. The van der Waals surface area contributed by atoms with Crippen LogP contribution in [-0.4, -0.2) is 5.91 Å². The summed E-state index contributed by atoms with van der Waals surface area (Å²) in [6.45, 7) is 5.99. The molecular formula is C13H20ClNO. The summed E-state index contributed by atoms with van der Waals surface area (Å²) in [5.41, 5.74) is 1.15. The molecule has 0 aliphatic rings. The van der Waals surface area contributed by atoms with Gasteiger partial charge in [0.05, 0.1) is 6.04 Å². The van der Waals surface area contributed by atoms with Crippen molar-refractivity contribution >= 4 is 18.3 Å². The largest absolute Gasteiger partial charge is 0.349 e. The van der Waals surface area contributed by atoms with E-state index in [0.717, 1.165) is 12.0 Å². The number of amides is 1. The van der Waals surface area contributed by atoms with Gasteiger partial charge >= 0.3 is 0 Å². The van der Waals surface area contributed by atoms with Crippen LogP contribution < -0.4 is 5.32 Å². The van der Waals surface area contributed by atoms with Gasteiger partial charge in [-0.05, 0) is 18.9 Å². The van der Waals surface area contributed by atoms with E-state index in [1.807, 2.05) is 51.1 Å². The van der Waals surface area contributed by atoms with E-state index >= 15 is 0 Å². The minimum absolute atomic E-state index is 0. The Hall–Kier alpha value is -1.02. The number of halogens is 1. The first-order chi connectivity index (χ1) is 7.15. The summed E-state index contributed by atoms with van der Waals surface area (Å²) < 4.78 is 0. The van der Waals surface area contributed by atoms with Crippen molar-refractivity contribution in [1.29, 1.82) is 0 Å². The highest BCUT2D eigenvalue weighted by Gasteiger charge is 2.13. The van der Waals surface area contributed by atoms with Crippen molar-refractivity contribution < 1.29 is 4.79 Å². The molecule has 2 atom stereocenters. The number of hydrogen-bond acceptors (Lipinski definition) is 1. The Morgan fingerprint density at radius 2 is 1.81 bits per heavy atom. The van der Waals surface area contributed by atoms with Gasteiger partial charge in [-0.1, -0.05) is 44.2 Å². The molecular weight excluding hydrogens is 222 g/mol. The number of rotatable bonds is 4. The monoisotopic (exact) mass is 241 g/mol. The second-order valence-corrected chi connectivity index (χ2v) is 3.95. The van der Waals surface area contributed by atoms with Gasteiger partial charge in [0.2, 0.25) is 5.91 Å². The molecule has 16 heavy (non-hydrogen) atoms. The fraction of sp³-hybridized carbons (Fsp3) is 0.462. The minimum atomic E-state index is 0. The third-order valence-corrected chi connectivity index (χ3v) is 2.72. The molecule has 0 aliphatic carbocycles. The summed E-state index contributed by atoms with van der Waals surface area (Å²) in [5, 5.41) is 3.01. The maximum atomic E-state index is 11.6. The lowest BCUT2D eigenvalue weighted by molar-refractivity contribution is -0.125. The molecule has 0 aromatic heterocycles. The number of benzene rings is 1. The zero-order chi connectivity index (χ0) is 11.3. The van der Waals surface area contributed by atoms with Crippen LogP contribution in [0.1, 0.15) is 38.8 Å². The Morgan fingerprint density at radius 1 is 1.25 bits per heavy atom. The molecule has 1 rings (SSSR count). The zero-order valence-corrected chi connectivity index (χ0v) is 10.9. The first-order valence-electron chi connectivity index (χ1n) is 5.50. The van der Waals surface area contributed by atoms with E-state index < -0.39 is 0 Å². The van der Waals surface area contributed by atoms with Gasteiger partial charge in [-0.3, -0.25) is 4.79 Å². The van der Waals surface area contributed by atoms with E-state index in [9.17, 15) is 4.79 Å². The molecule has 1 amide bonds. The SMILES string of the molecule is CCC(C)C(=O)N[C@H](C)c1ccccc1.Cl. The summed E-state index contributed by atoms with van der Waals surface area (Å²) in [7, 11) is 0. The maximum Gasteiger partial charge on any atom is 0.223 e. The van der Waals surface area contributed by atoms with E-state index in [2.05, 4.69) is 5.32 Å². The van der Waals surface area contributed by atoms with Crippen molar-refractivity contribution in [2.45, 2.75) is 33.2 Å². The highest BCUT2D eigenvalue weighted by atomic mass is 35.5. The summed E-state index contributed by atoms with van der Waals surface area (Å²) in [6, 6.07) is 10.1. The Labute approximate surface area is 104 Å². The summed E-state index contributed by atoms with van der Waals surface area (Å²) in [5.74, 6) is 0.227. The Balaban J connectivity index is 0.00000225. The summed E-state index contributed by atoms with van der Waals surface area (Å²) in [4.78, 5) is 11.6. The highest BCUT2D eigenvalue weighted by molar-refractivity contribution is 5.85. The van der Waals surface area contributed by atoms with Gasteiger partial charge < -0.3 is 5.32 Å². The van der Waals surface area contributed by atoms with Crippen LogP contribution in [0.5, 0.6) is 0 Å². The van der Waals surface area contributed by atoms with Gasteiger partial charge in [0.15, 0.2) is 0 Å². The molecule has 2 nitrogen and oxygen atoms in total. The van der Waals surface area contributed by atoms with Gasteiger partial charge in [-0.25, -0.2) is 0 Å². The summed E-state index contributed by atoms with van der Waals surface area (Å²) >= 11 is 0. The second-order valence-electron chi connectivity index (χ2n) is 3.95.